The maximum atomic E-state index is 13.2. The van der Waals surface area contributed by atoms with Crippen molar-refractivity contribution in [3.05, 3.63) is 45.1 Å². The van der Waals surface area contributed by atoms with Gasteiger partial charge < -0.3 is 4.90 Å². The Morgan fingerprint density at radius 1 is 1.07 bits per heavy atom. The first-order valence-corrected chi connectivity index (χ1v) is 11.7. The summed E-state index contributed by atoms with van der Waals surface area (Å²) in [5.74, 6) is 0.0720. The van der Waals surface area contributed by atoms with E-state index in [9.17, 15) is 4.79 Å². The van der Waals surface area contributed by atoms with Crippen molar-refractivity contribution >= 4 is 67.9 Å². The number of hydrogen-bond donors (Lipinski definition) is 0. The van der Waals surface area contributed by atoms with Gasteiger partial charge in [0.05, 0.1) is 21.0 Å². The van der Waals surface area contributed by atoms with Crippen LogP contribution in [-0.2, 0) is 17.6 Å². The summed E-state index contributed by atoms with van der Waals surface area (Å²) < 4.78 is 1.85. The van der Waals surface area contributed by atoms with E-state index in [-0.39, 0.29) is 18.3 Å². The number of aromatic nitrogens is 1. The van der Waals surface area contributed by atoms with Gasteiger partial charge in [-0.3, -0.25) is 9.69 Å². The van der Waals surface area contributed by atoms with Crippen LogP contribution in [0.5, 0.6) is 0 Å². The number of thiophene rings is 1. The third kappa shape index (κ3) is 5.92. The fourth-order valence-corrected chi connectivity index (χ4v) is 5.33. The summed E-state index contributed by atoms with van der Waals surface area (Å²) in [6, 6.07) is 10.0. The minimum atomic E-state index is 0. The number of anilines is 1. The molecule has 0 radical (unpaired) electrons. The first kappa shape index (κ1) is 24.1. The number of aryl methyl sites for hydroxylation is 1. The van der Waals surface area contributed by atoms with Crippen molar-refractivity contribution in [3.63, 3.8) is 0 Å². The highest BCUT2D eigenvalue weighted by atomic mass is 35.5. The van der Waals surface area contributed by atoms with Crippen molar-refractivity contribution in [3.8, 4) is 0 Å². The van der Waals surface area contributed by atoms with Gasteiger partial charge in [0.15, 0.2) is 5.13 Å². The standard InChI is InChI=1S/C21H26ClN3OS2.ClH/c1-4-15-8-7-9-17-20(15)23-21(28-17)25(13-12-24(5-2)6-3)19(26)14-16-10-11-18(22)27-16;/h7-11H,4-6,12-14H2,1-3H3;1H. The average Bonchev–Trinajstić information content (AvgIpc) is 3.30. The number of halogens is 2. The number of likely N-dealkylation sites (N-methyl/N-ethyl adjacent to an activating group) is 1. The zero-order chi connectivity index (χ0) is 20.1. The molecule has 0 spiro atoms. The lowest BCUT2D eigenvalue weighted by Gasteiger charge is -2.24. The van der Waals surface area contributed by atoms with E-state index in [2.05, 4.69) is 43.9 Å². The number of amides is 1. The molecule has 0 unspecified atom stereocenters. The van der Waals surface area contributed by atoms with E-state index in [4.69, 9.17) is 16.6 Å². The van der Waals surface area contributed by atoms with Gasteiger partial charge in [0, 0.05) is 18.0 Å². The molecule has 1 aromatic carbocycles. The van der Waals surface area contributed by atoms with Gasteiger partial charge >= 0.3 is 0 Å². The minimum absolute atomic E-state index is 0. The van der Waals surface area contributed by atoms with Crippen LogP contribution in [0, 0.1) is 0 Å². The maximum Gasteiger partial charge on any atom is 0.234 e. The first-order chi connectivity index (χ1) is 13.5. The molecule has 0 bridgehead atoms. The molecule has 29 heavy (non-hydrogen) atoms. The van der Waals surface area contributed by atoms with Gasteiger partial charge in [-0.1, -0.05) is 55.8 Å². The molecule has 0 N–H and O–H groups in total. The summed E-state index contributed by atoms with van der Waals surface area (Å²) >= 11 is 9.11. The predicted molar refractivity (Wildman–Crippen MR) is 129 cm³/mol. The number of carbonyl (C=O) groups excluding carboxylic acids is 1. The number of nitrogens with zero attached hydrogens (tertiary/aromatic N) is 3. The van der Waals surface area contributed by atoms with Gasteiger partial charge in [0.1, 0.15) is 0 Å². The SMILES string of the molecule is CCc1cccc2sc(N(CCN(CC)CC)C(=O)Cc3ccc(Cl)s3)nc12.Cl. The zero-order valence-corrected chi connectivity index (χ0v) is 20.2. The third-order valence-electron chi connectivity index (χ3n) is 4.89. The Bertz CT molecular complexity index is 937. The molecule has 4 nitrogen and oxygen atoms in total. The van der Waals surface area contributed by atoms with Gasteiger partial charge in [0.25, 0.3) is 0 Å². The molecule has 2 heterocycles. The molecule has 2 aromatic heterocycles. The van der Waals surface area contributed by atoms with E-state index < -0.39 is 0 Å². The van der Waals surface area contributed by atoms with Crippen LogP contribution in [0.1, 0.15) is 31.2 Å². The molecule has 0 aliphatic rings. The Hall–Kier alpha value is -1.18. The first-order valence-electron chi connectivity index (χ1n) is 9.71. The number of carbonyl (C=O) groups is 1. The Kier molecular flexibility index (Phi) is 9.37. The number of benzene rings is 1. The molecule has 0 saturated carbocycles. The lowest BCUT2D eigenvalue weighted by Crippen LogP contribution is -2.39. The quantitative estimate of drug-likeness (QED) is 0.388. The molecular weight excluding hydrogens is 445 g/mol. The Morgan fingerprint density at radius 2 is 1.83 bits per heavy atom. The molecule has 1 amide bonds. The Balaban J connectivity index is 0.00000300. The van der Waals surface area contributed by atoms with Crippen LogP contribution in [0.4, 0.5) is 5.13 Å². The van der Waals surface area contributed by atoms with Crippen LogP contribution >= 0.6 is 46.7 Å². The normalized spacial score (nSPS) is 11.1. The summed E-state index contributed by atoms with van der Waals surface area (Å²) in [7, 11) is 0. The second-order valence-corrected chi connectivity index (χ2v) is 9.38. The number of hydrogen-bond acceptors (Lipinski definition) is 5. The van der Waals surface area contributed by atoms with E-state index in [1.807, 2.05) is 17.0 Å². The van der Waals surface area contributed by atoms with Crippen LogP contribution in [0.15, 0.2) is 30.3 Å². The van der Waals surface area contributed by atoms with E-state index in [0.29, 0.717) is 17.3 Å². The van der Waals surface area contributed by atoms with Crippen molar-refractivity contribution < 1.29 is 4.79 Å². The Morgan fingerprint density at radius 3 is 2.45 bits per heavy atom. The van der Waals surface area contributed by atoms with Crippen LogP contribution in [0.2, 0.25) is 4.34 Å². The van der Waals surface area contributed by atoms with E-state index in [1.165, 1.54) is 16.9 Å². The molecule has 0 fully saturated rings. The highest BCUT2D eigenvalue weighted by molar-refractivity contribution is 7.22. The van der Waals surface area contributed by atoms with Gasteiger partial charge in [-0.2, -0.15) is 0 Å². The molecule has 0 aliphatic heterocycles. The predicted octanol–water partition coefficient (Wildman–Crippen LogP) is 5.91. The number of thiazole rings is 1. The fourth-order valence-electron chi connectivity index (χ4n) is 3.19. The molecule has 0 aliphatic carbocycles. The lowest BCUT2D eigenvalue weighted by atomic mass is 10.1. The van der Waals surface area contributed by atoms with E-state index in [0.717, 1.165) is 46.3 Å². The van der Waals surface area contributed by atoms with E-state index >= 15 is 0 Å². The summed E-state index contributed by atoms with van der Waals surface area (Å²) in [5.41, 5.74) is 2.24. The zero-order valence-electron chi connectivity index (χ0n) is 17.0. The molecule has 158 valence electrons. The van der Waals surface area contributed by atoms with Crippen molar-refractivity contribution in [2.45, 2.75) is 33.6 Å². The van der Waals surface area contributed by atoms with Crippen molar-refractivity contribution in [2.24, 2.45) is 0 Å². The molecule has 8 heteroatoms. The topological polar surface area (TPSA) is 36.4 Å². The summed E-state index contributed by atoms with van der Waals surface area (Å²) in [6.45, 7) is 9.85. The van der Waals surface area contributed by atoms with Crippen molar-refractivity contribution in [1.82, 2.24) is 9.88 Å². The summed E-state index contributed by atoms with van der Waals surface area (Å²) in [5, 5.41) is 0.788. The Labute approximate surface area is 191 Å². The van der Waals surface area contributed by atoms with Crippen LogP contribution < -0.4 is 4.90 Å². The van der Waals surface area contributed by atoms with E-state index in [1.54, 1.807) is 11.3 Å². The molecule has 3 aromatic rings. The largest absolute Gasteiger partial charge is 0.302 e. The van der Waals surface area contributed by atoms with Gasteiger partial charge in [-0.05, 0) is 43.3 Å². The average molecular weight is 473 g/mol. The lowest BCUT2D eigenvalue weighted by molar-refractivity contribution is -0.118. The summed E-state index contributed by atoms with van der Waals surface area (Å²) in [6.07, 6.45) is 1.29. The van der Waals surface area contributed by atoms with Crippen LogP contribution in [0.25, 0.3) is 10.2 Å². The van der Waals surface area contributed by atoms with Crippen molar-refractivity contribution in [1.29, 1.82) is 0 Å². The number of fused-ring (bicyclic) bond motifs is 1. The molecular formula is C21H27Cl2N3OS2. The number of rotatable bonds is 9. The second-order valence-electron chi connectivity index (χ2n) is 6.57. The van der Waals surface area contributed by atoms with Gasteiger partial charge in [-0.25, -0.2) is 4.98 Å². The summed E-state index contributed by atoms with van der Waals surface area (Å²) in [4.78, 5) is 23.2. The minimum Gasteiger partial charge on any atom is -0.302 e. The second kappa shape index (κ2) is 11.3. The molecule has 0 atom stereocenters. The maximum absolute atomic E-state index is 13.2. The van der Waals surface area contributed by atoms with Gasteiger partial charge in [-0.15, -0.1) is 23.7 Å². The monoisotopic (exact) mass is 471 g/mol. The molecule has 3 rings (SSSR count). The van der Waals surface area contributed by atoms with Crippen molar-refractivity contribution in [2.75, 3.05) is 31.1 Å². The highest BCUT2D eigenvalue weighted by Crippen LogP contribution is 2.32. The smallest absolute Gasteiger partial charge is 0.234 e. The third-order valence-corrected chi connectivity index (χ3v) is 7.17. The van der Waals surface area contributed by atoms with Crippen LogP contribution in [0.3, 0.4) is 0 Å². The van der Waals surface area contributed by atoms with Crippen LogP contribution in [-0.4, -0.2) is 42.0 Å². The van der Waals surface area contributed by atoms with Gasteiger partial charge in [0.2, 0.25) is 5.91 Å². The number of para-hydroxylation sites is 1. The fraction of sp³-hybridized carbons (Fsp3) is 0.429. The molecule has 0 saturated heterocycles. The highest BCUT2D eigenvalue weighted by Gasteiger charge is 2.22.